The molecule has 0 bridgehead atoms. The van der Waals surface area contributed by atoms with E-state index >= 15 is 0 Å². The quantitative estimate of drug-likeness (QED) is 0.757. The number of fused-ring (bicyclic) bond motifs is 1. The Bertz CT molecular complexity index is 576. The van der Waals surface area contributed by atoms with Gasteiger partial charge in [0, 0.05) is 0 Å². The van der Waals surface area contributed by atoms with Crippen molar-refractivity contribution in [1.29, 1.82) is 0 Å². The number of hydrogen-bond donors (Lipinski definition) is 1. The number of aliphatic imine (C=N–C) groups is 1. The predicted molar refractivity (Wildman–Crippen MR) is 69.0 cm³/mol. The van der Waals surface area contributed by atoms with Gasteiger partial charge in [0.15, 0.2) is 0 Å². The second-order valence-corrected chi connectivity index (χ2v) is 3.91. The van der Waals surface area contributed by atoms with E-state index in [0.717, 1.165) is 22.7 Å². The number of rotatable bonds is 1. The first-order chi connectivity index (χ1) is 8.34. The molecule has 17 heavy (non-hydrogen) atoms. The number of nitrogen functional groups attached to an aromatic ring is 1. The van der Waals surface area contributed by atoms with E-state index in [-0.39, 0.29) is 0 Å². The van der Waals surface area contributed by atoms with Crippen molar-refractivity contribution in [2.24, 2.45) is 4.99 Å². The standard InChI is InChI=1S/C14H12N2O/c15-11-7-4-8-13-14(11)16-12(9-17-13)10-5-2-1-3-6-10/h1-8H,9,15H2. The van der Waals surface area contributed by atoms with Crippen LogP contribution in [0.4, 0.5) is 11.4 Å². The highest BCUT2D eigenvalue weighted by Gasteiger charge is 2.15. The zero-order valence-electron chi connectivity index (χ0n) is 9.26. The molecule has 1 heterocycles. The van der Waals surface area contributed by atoms with Crippen LogP contribution in [-0.4, -0.2) is 12.3 Å². The van der Waals surface area contributed by atoms with Crippen molar-refractivity contribution in [2.75, 3.05) is 12.3 Å². The lowest BCUT2D eigenvalue weighted by Gasteiger charge is -2.18. The maximum Gasteiger partial charge on any atom is 0.147 e. The smallest absolute Gasteiger partial charge is 0.147 e. The Hall–Kier alpha value is -2.29. The zero-order chi connectivity index (χ0) is 11.7. The van der Waals surface area contributed by atoms with Crippen LogP contribution in [0.1, 0.15) is 5.56 Å². The molecule has 0 aromatic heterocycles. The molecule has 1 aliphatic rings. The van der Waals surface area contributed by atoms with Crippen LogP contribution in [0.3, 0.4) is 0 Å². The highest BCUT2D eigenvalue weighted by Crippen LogP contribution is 2.36. The largest absolute Gasteiger partial charge is 0.485 e. The summed E-state index contributed by atoms with van der Waals surface area (Å²) in [6.07, 6.45) is 0. The summed E-state index contributed by atoms with van der Waals surface area (Å²) in [6, 6.07) is 15.6. The Labute approximate surface area is 99.6 Å². The van der Waals surface area contributed by atoms with Gasteiger partial charge in [-0.3, -0.25) is 0 Å². The molecule has 0 fully saturated rings. The van der Waals surface area contributed by atoms with Gasteiger partial charge in [0.2, 0.25) is 0 Å². The van der Waals surface area contributed by atoms with Crippen LogP contribution in [-0.2, 0) is 0 Å². The van der Waals surface area contributed by atoms with Crippen molar-refractivity contribution < 1.29 is 4.74 Å². The Morgan fingerprint density at radius 1 is 1.00 bits per heavy atom. The van der Waals surface area contributed by atoms with Crippen molar-refractivity contribution in [3.8, 4) is 5.75 Å². The van der Waals surface area contributed by atoms with Crippen molar-refractivity contribution in [1.82, 2.24) is 0 Å². The summed E-state index contributed by atoms with van der Waals surface area (Å²) in [5.74, 6) is 0.754. The summed E-state index contributed by atoms with van der Waals surface area (Å²) in [5, 5.41) is 0. The molecule has 0 aliphatic carbocycles. The van der Waals surface area contributed by atoms with Gasteiger partial charge in [-0.2, -0.15) is 0 Å². The lowest BCUT2D eigenvalue weighted by molar-refractivity contribution is 0.373. The zero-order valence-corrected chi connectivity index (χ0v) is 9.26. The van der Waals surface area contributed by atoms with Gasteiger partial charge in [-0.1, -0.05) is 36.4 Å². The van der Waals surface area contributed by atoms with Gasteiger partial charge in [-0.25, -0.2) is 4.99 Å². The molecule has 0 atom stereocenters. The lowest BCUT2D eigenvalue weighted by atomic mass is 10.1. The molecule has 3 rings (SSSR count). The third-order valence-corrected chi connectivity index (χ3v) is 2.75. The van der Waals surface area contributed by atoms with Crippen LogP contribution < -0.4 is 10.5 Å². The molecular weight excluding hydrogens is 212 g/mol. The number of nitrogens with two attached hydrogens (primary N) is 1. The fourth-order valence-electron chi connectivity index (χ4n) is 1.87. The van der Waals surface area contributed by atoms with E-state index in [4.69, 9.17) is 10.5 Å². The van der Waals surface area contributed by atoms with Gasteiger partial charge in [-0.15, -0.1) is 0 Å². The molecule has 1 aliphatic heterocycles. The van der Waals surface area contributed by atoms with Crippen molar-refractivity contribution >= 4 is 17.1 Å². The number of nitrogens with zero attached hydrogens (tertiary/aromatic N) is 1. The number of anilines is 1. The highest BCUT2D eigenvalue weighted by molar-refractivity contribution is 6.05. The summed E-state index contributed by atoms with van der Waals surface area (Å²) in [4.78, 5) is 4.58. The fraction of sp³-hybridized carbons (Fsp3) is 0.0714. The van der Waals surface area contributed by atoms with Gasteiger partial charge in [0.1, 0.15) is 18.0 Å². The average molecular weight is 224 g/mol. The van der Waals surface area contributed by atoms with Crippen LogP contribution in [0.5, 0.6) is 5.75 Å². The van der Waals surface area contributed by atoms with Crippen LogP contribution in [0.15, 0.2) is 53.5 Å². The monoisotopic (exact) mass is 224 g/mol. The molecule has 0 saturated heterocycles. The lowest BCUT2D eigenvalue weighted by Crippen LogP contribution is -2.16. The third kappa shape index (κ3) is 1.76. The first kappa shape index (κ1) is 9.90. The molecule has 2 N–H and O–H groups in total. The summed E-state index contributed by atoms with van der Waals surface area (Å²) in [7, 11) is 0. The minimum atomic E-state index is 0.487. The first-order valence-electron chi connectivity index (χ1n) is 5.49. The number of ether oxygens (including phenoxy) is 1. The van der Waals surface area contributed by atoms with E-state index in [1.165, 1.54) is 0 Å². The van der Waals surface area contributed by atoms with Gasteiger partial charge in [-0.05, 0) is 17.7 Å². The molecule has 2 aromatic rings. The maximum atomic E-state index is 5.89. The highest BCUT2D eigenvalue weighted by atomic mass is 16.5. The normalized spacial score (nSPS) is 13.5. The Morgan fingerprint density at radius 3 is 2.65 bits per heavy atom. The second kappa shape index (κ2) is 3.94. The topological polar surface area (TPSA) is 47.6 Å². The van der Waals surface area contributed by atoms with Gasteiger partial charge in [0.05, 0.1) is 11.4 Å². The molecule has 0 radical (unpaired) electrons. The van der Waals surface area contributed by atoms with Crippen LogP contribution in [0, 0.1) is 0 Å². The molecule has 0 unspecified atom stereocenters. The van der Waals surface area contributed by atoms with E-state index in [1.807, 2.05) is 48.5 Å². The van der Waals surface area contributed by atoms with E-state index in [1.54, 1.807) is 0 Å². The van der Waals surface area contributed by atoms with E-state index in [9.17, 15) is 0 Å². The Morgan fingerprint density at radius 2 is 1.82 bits per heavy atom. The predicted octanol–water partition coefficient (Wildman–Crippen LogP) is 2.78. The summed E-state index contributed by atoms with van der Waals surface area (Å²) in [6.45, 7) is 0.487. The Balaban J connectivity index is 2.09. The molecule has 3 heteroatoms. The first-order valence-corrected chi connectivity index (χ1v) is 5.49. The van der Waals surface area contributed by atoms with Crippen LogP contribution in [0.25, 0.3) is 0 Å². The molecule has 0 saturated carbocycles. The molecule has 0 spiro atoms. The number of para-hydroxylation sites is 1. The molecule has 84 valence electrons. The van der Waals surface area contributed by atoms with Gasteiger partial charge < -0.3 is 10.5 Å². The van der Waals surface area contributed by atoms with E-state index in [0.29, 0.717) is 12.3 Å². The maximum absolute atomic E-state index is 5.89. The SMILES string of the molecule is Nc1cccc2c1N=C(c1ccccc1)CO2. The average Bonchev–Trinajstić information content (AvgIpc) is 2.40. The molecular formula is C14H12N2O. The van der Waals surface area contributed by atoms with E-state index < -0.39 is 0 Å². The molecule has 2 aromatic carbocycles. The van der Waals surface area contributed by atoms with Crippen LogP contribution >= 0.6 is 0 Å². The van der Waals surface area contributed by atoms with Crippen molar-refractivity contribution in [2.45, 2.75) is 0 Å². The van der Waals surface area contributed by atoms with E-state index in [2.05, 4.69) is 4.99 Å². The van der Waals surface area contributed by atoms with Crippen molar-refractivity contribution in [3.05, 3.63) is 54.1 Å². The second-order valence-electron chi connectivity index (χ2n) is 3.91. The minimum absolute atomic E-state index is 0.487. The third-order valence-electron chi connectivity index (χ3n) is 2.75. The summed E-state index contributed by atoms with van der Waals surface area (Å²) >= 11 is 0. The molecule has 0 amide bonds. The fourth-order valence-corrected chi connectivity index (χ4v) is 1.87. The molecule has 3 nitrogen and oxygen atoms in total. The number of hydrogen-bond acceptors (Lipinski definition) is 3. The number of benzene rings is 2. The Kier molecular flexibility index (Phi) is 2.29. The van der Waals surface area contributed by atoms with Crippen LogP contribution in [0.2, 0.25) is 0 Å². The summed E-state index contributed by atoms with van der Waals surface area (Å²) in [5.41, 5.74) is 9.26. The summed E-state index contributed by atoms with van der Waals surface area (Å²) < 4.78 is 5.66. The van der Waals surface area contributed by atoms with Crippen molar-refractivity contribution in [3.63, 3.8) is 0 Å². The van der Waals surface area contributed by atoms with Gasteiger partial charge in [0.25, 0.3) is 0 Å². The van der Waals surface area contributed by atoms with Gasteiger partial charge >= 0.3 is 0 Å². The minimum Gasteiger partial charge on any atom is -0.485 e.